The molecular formula is C10H18N2O2. The number of rotatable bonds is 4. The van der Waals surface area contributed by atoms with E-state index in [4.69, 9.17) is 4.74 Å². The standard InChI is InChI=1S/C10H18N2O2/c1-11(6-9-8-14-9)7-10(13)12-4-2-3-5-12/h9H,2-8H2,1H3. The second-order valence-electron chi connectivity index (χ2n) is 4.24. The van der Waals surface area contributed by atoms with E-state index < -0.39 is 0 Å². The third-order valence-electron chi connectivity index (χ3n) is 2.78. The molecule has 4 nitrogen and oxygen atoms in total. The van der Waals surface area contributed by atoms with Gasteiger partial charge in [-0.15, -0.1) is 0 Å². The Labute approximate surface area is 84.8 Å². The molecular weight excluding hydrogens is 180 g/mol. The summed E-state index contributed by atoms with van der Waals surface area (Å²) >= 11 is 0. The lowest BCUT2D eigenvalue weighted by Gasteiger charge is -2.20. The number of likely N-dealkylation sites (tertiary alicyclic amines) is 1. The van der Waals surface area contributed by atoms with E-state index in [-0.39, 0.29) is 5.91 Å². The molecule has 1 unspecified atom stereocenters. The number of hydrogen-bond donors (Lipinski definition) is 0. The molecule has 0 bridgehead atoms. The molecule has 80 valence electrons. The second-order valence-corrected chi connectivity index (χ2v) is 4.24. The van der Waals surface area contributed by atoms with Gasteiger partial charge in [-0.3, -0.25) is 9.69 Å². The molecule has 4 heteroatoms. The fraction of sp³-hybridized carbons (Fsp3) is 0.900. The number of amides is 1. The van der Waals surface area contributed by atoms with Gasteiger partial charge in [0.2, 0.25) is 5.91 Å². The van der Waals surface area contributed by atoms with Crippen LogP contribution in [0.15, 0.2) is 0 Å². The van der Waals surface area contributed by atoms with Crippen molar-refractivity contribution in [2.24, 2.45) is 0 Å². The Hall–Kier alpha value is -0.610. The van der Waals surface area contributed by atoms with Gasteiger partial charge in [-0.05, 0) is 19.9 Å². The van der Waals surface area contributed by atoms with E-state index in [0.717, 1.165) is 26.2 Å². The zero-order chi connectivity index (χ0) is 9.97. The summed E-state index contributed by atoms with van der Waals surface area (Å²) in [7, 11) is 1.98. The number of nitrogens with zero attached hydrogens (tertiary/aromatic N) is 2. The van der Waals surface area contributed by atoms with Crippen LogP contribution in [-0.4, -0.2) is 61.6 Å². The van der Waals surface area contributed by atoms with Crippen LogP contribution >= 0.6 is 0 Å². The van der Waals surface area contributed by atoms with Crippen LogP contribution in [0.1, 0.15) is 12.8 Å². The van der Waals surface area contributed by atoms with Crippen LogP contribution < -0.4 is 0 Å². The molecule has 2 heterocycles. The zero-order valence-electron chi connectivity index (χ0n) is 8.74. The summed E-state index contributed by atoms with van der Waals surface area (Å²) < 4.78 is 5.12. The first-order chi connectivity index (χ1) is 6.75. The first kappa shape index (κ1) is 9.93. The minimum absolute atomic E-state index is 0.269. The lowest BCUT2D eigenvalue weighted by Crippen LogP contribution is -2.38. The van der Waals surface area contributed by atoms with Crippen LogP contribution in [0.25, 0.3) is 0 Å². The molecule has 0 aromatic carbocycles. The summed E-state index contributed by atoms with van der Waals surface area (Å²) in [6, 6.07) is 0. The van der Waals surface area contributed by atoms with E-state index in [1.807, 2.05) is 11.9 Å². The highest BCUT2D eigenvalue weighted by molar-refractivity contribution is 5.78. The molecule has 0 saturated carbocycles. The van der Waals surface area contributed by atoms with Crippen LogP contribution in [-0.2, 0) is 9.53 Å². The Morgan fingerprint density at radius 1 is 1.50 bits per heavy atom. The topological polar surface area (TPSA) is 36.1 Å². The number of hydrogen-bond acceptors (Lipinski definition) is 3. The Morgan fingerprint density at radius 2 is 2.14 bits per heavy atom. The molecule has 2 aliphatic rings. The summed E-state index contributed by atoms with van der Waals surface area (Å²) in [6.07, 6.45) is 2.72. The minimum atomic E-state index is 0.269. The van der Waals surface area contributed by atoms with E-state index in [9.17, 15) is 4.79 Å². The predicted octanol–water partition coefficient (Wildman–Crippen LogP) is -0.0606. The van der Waals surface area contributed by atoms with Gasteiger partial charge in [0, 0.05) is 19.6 Å². The van der Waals surface area contributed by atoms with Crippen molar-refractivity contribution in [2.45, 2.75) is 18.9 Å². The van der Waals surface area contributed by atoms with E-state index in [1.54, 1.807) is 0 Å². The van der Waals surface area contributed by atoms with Gasteiger partial charge in [0.15, 0.2) is 0 Å². The highest BCUT2D eigenvalue weighted by atomic mass is 16.6. The smallest absolute Gasteiger partial charge is 0.236 e. The van der Waals surface area contributed by atoms with Crippen molar-refractivity contribution >= 4 is 5.91 Å². The van der Waals surface area contributed by atoms with E-state index >= 15 is 0 Å². The first-order valence-electron chi connectivity index (χ1n) is 5.33. The number of carbonyl (C=O) groups is 1. The van der Waals surface area contributed by atoms with Crippen LogP contribution in [0.4, 0.5) is 0 Å². The molecule has 0 N–H and O–H groups in total. The van der Waals surface area contributed by atoms with Crippen molar-refractivity contribution in [1.29, 1.82) is 0 Å². The first-order valence-corrected chi connectivity index (χ1v) is 5.33. The lowest BCUT2D eigenvalue weighted by atomic mass is 10.4. The Morgan fingerprint density at radius 3 is 2.71 bits per heavy atom. The number of carbonyl (C=O) groups excluding carboxylic acids is 1. The maximum Gasteiger partial charge on any atom is 0.236 e. The van der Waals surface area contributed by atoms with Crippen LogP contribution in [0, 0.1) is 0 Å². The molecule has 2 aliphatic heterocycles. The Bertz CT molecular complexity index is 210. The van der Waals surface area contributed by atoms with Gasteiger partial charge in [-0.2, -0.15) is 0 Å². The SMILES string of the molecule is CN(CC(=O)N1CCCC1)CC1CO1. The van der Waals surface area contributed by atoms with Crippen molar-refractivity contribution in [2.75, 3.05) is 39.8 Å². The van der Waals surface area contributed by atoms with E-state index in [1.165, 1.54) is 12.8 Å². The minimum Gasteiger partial charge on any atom is -0.372 e. The molecule has 2 saturated heterocycles. The fourth-order valence-electron chi connectivity index (χ4n) is 1.88. The van der Waals surface area contributed by atoms with Gasteiger partial charge in [0.25, 0.3) is 0 Å². The third kappa shape index (κ3) is 2.69. The van der Waals surface area contributed by atoms with Crippen LogP contribution in [0.2, 0.25) is 0 Å². The quantitative estimate of drug-likeness (QED) is 0.594. The van der Waals surface area contributed by atoms with E-state index in [2.05, 4.69) is 4.90 Å². The van der Waals surface area contributed by atoms with Gasteiger partial charge >= 0.3 is 0 Å². The summed E-state index contributed by atoms with van der Waals surface area (Å²) in [6.45, 7) is 4.20. The number of likely N-dealkylation sites (N-methyl/N-ethyl adjacent to an activating group) is 1. The second kappa shape index (κ2) is 4.28. The van der Waals surface area contributed by atoms with Gasteiger partial charge < -0.3 is 9.64 Å². The van der Waals surface area contributed by atoms with Crippen molar-refractivity contribution in [1.82, 2.24) is 9.80 Å². The molecule has 0 aromatic rings. The van der Waals surface area contributed by atoms with Crippen molar-refractivity contribution in [3.63, 3.8) is 0 Å². The summed E-state index contributed by atoms with van der Waals surface area (Å²) in [5.74, 6) is 0.269. The maximum absolute atomic E-state index is 11.7. The molecule has 2 fully saturated rings. The van der Waals surface area contributed by atoms with E-state index in [0.29, 0.717) is 12.6 Å². The Balaban J connectivity index is 1.69. The van der Waals surface area contributed by atoms with Gasteiger partial charge in [-0.25, -0.2) is 0 Å². The predicted molar refractivity (Wildman–Crippen MR) is 53.1 cm³/mol. The van der Waals surface area contributed by atoms with Crippen molar-refractivity contribution in [3.05, 3.63) is 0 Å². The van der Waals surface area contributed by atoms with Gasteiger partial charge in [0.05, 0.1) is 19.3 Å². The summed E-state index contributed by atoms with van der Waals surface area (Å²) in [5, 5.41) is 0. The lowest BCUT2D eigenvalue weighted by molar-refractivity contribution is -0.131. The monoisotopic (exact) mass is 198 g/mol. The van der Waals surface area contributed by atoms with Gasteiger partial charge in [0.1, 0.15) is 0 Å². The summed E-state index contributed by atoms with van der Waals surface area (Å²) in [4.78, 5) is 15.7. The highest BCUT2D eigenvalue weighted by Crippen LogP contribution is 2.11. The normalized spacial score (nSPS) is 25.9. The highest BCUT2D eigenvalue weighted by Gasteiger charge is 2.26. The number of epoxide rings is 1. The zero-order valence-corrected chi connectivity index (χ0v) is 8.74. The molecule has 14 heavy (non-hydrogen) atoms. The van der Waals surface area contributed by atoms with Crippen LogP contribution in [0.3, 0.4) is 0 Å². The molecule has 1 amide bonds. The summed E-state index contributed by atoms with van der Waals surface area (Å²) in [5.41, 5.74) is 0. The molecule has 1 atom stereocenters. The fourth-order valence-corrected chi connectivity index (χ4v) is 1.88. The van der Waals surface area contributed by atoms with Crippen molar-refractivity contribution < 1.29 is 9.53 Å². The van der Waals surface area contributed by atoms with Crippen LogP contribution in [0.5, 0.6) is 0 Å². The molecule has 0 spiro atoms. The molecule has 0 aromatic heterocycles. The molecule has 0 aliphatic carbocycles. The third-order valence-corrected chi connectivity index (χ3v) is 2.78. The number of ether oxygens (including phenoxy) is 1. The van der Waals surface area contributed by atoms with Crippen molar-refractivity contribution in [3.8, 4) is 0 Å². The average molecular weight is 198 g/mol. The average Bonchev–Trinajstić information content (AvgIpc) is 2.80. The largest absolute Gasteiger partial charge is 0.372 e. The molecule has 0 radical (unpaired) electrons. The Kier molecular flexibility index (Phi) is 3.03. The maximum atomic E-state index is 11.7. The van der Waals surface area contributed by atoms with Gasteiger partial charge in [-0.1, -0.05) is 0 Å². The molecule has 2 rings (SSSR count).